The van der Waals surface area contributed by atoms with Crippen LogP contribution in [0.15, 0.2) is 48.5 Å². The van der Waals surface area contributed by atoms with Crippen LogP contribution in [-0.4, -0.2) is 34.7 Å². The van der Waals surface area contributed by atoms with Gasteiger partial charge >= 0.3 is 0 Å². The molecular formula is C29H34N3O3+. The highest BCUT2D eigenvalue weighted by atomic mass is 16.2. The van der Waals surface area contributed by atoms with Crippen LogP contribution in [0.5, 0.6) is 0 Å². The molecule has 6 rings (SSSR count). The minimum atomic E-state index is -1.09. The second kappa shape index (κ2) is 8.59. The molecule has 182 valence electrons. The van der Waals surface area contributed by atoms with Crippen molar-refractivity contribution in [2.45, 2.75) is 75.9 Å². The molecule has 0 unspecified atom stereocenters. The van der Waals surface area contributed by atoms with Crippen molar-refractivity contribution in [2.75, 3.05) is 5.32 Å². The molecule has 3 fully saturated rings. The second-order valence-corrected chi connectivity index (χ2v) is 10.7. The fourth-order valence-electron chi connectivity index (χ4n) is 7.32. The van der Waals surface area contributed by atoms with E-state index in [2.05, 4.69) is 29.7 Å². The summed E-state index contributed by atoms with van der Waals surface area (Å²) >= 11 is 0. The highest BCUT2D eigenvalue weighted by molar-refractivity contribution is 6.14. The molecule has 0 aromatic heterocycles. The summed E-state index contributed by atoms with van der Waals surface area (Å²) in [6, 6.07) is 15.9. The summed E-state index contributed by atoms with van der Waals surface area (Å²) in [5.74, 6) is -1.51. The van der Waals surface area contributed by atoms with Crippen LogP contribution in [0.4, 0.5) is 5.69 Å². The van der Waals surface area contributed by atoms with Gasteiger partial charge < -0.3 is 10.6 Å². The number of hydrogen-bond donors (Lipinski definition) is 2. The molecule has 6 nitrogen and oxygen atoms in total. The molecule has 1 saturated carbocycles. The predicted molar refractivity (Wildman–Crippen MR) is 132 cm³/mol. The van der Waals surface area contributed by atoms with Crippen LogP contribution in [0.2, 0.25) is 0 Å². The lowest BCUT2D eigenvalue weighted by Crippen LogP contribution is -2.99. The minimum absolute atomic E-state index is 0.0385. The zero-order valence-electron chi connectivity index (χ0n) is 20.3. The van der Waals surface area contributed by atoms with Gasteiger partial charge in [-0.25, -0.2) is 0 Å². The third-order valence-electron chi connectivity index (χ3n) is 8.91. The largest absolute Gasteiger partial charge is 0.326 e. The van der Waals surface area contributed by atoms with Crippen molar-refractivity contribution in [3.63, 3.8) is 0 Å². The number of rotatable bonds is 4. The van der Waals surface area contributed by atoms with Crippen molar-refractivity contribution >= 4 is 23.4 Å². The summed E-state index contributed by atoms with van der Waals surface area (Å²) in [4.78, 5) is 43.7. The Hall–Kier alpha value is -2.99. The Morgan fingerprint density at radius 1 is 0.943 bits per heavy atom. The topological polar surface area (TPSA) is 83.1 Å². The van der Waals surface area contributed by atoms with E-state index in [1.807, 2.05) is 36.4 Å². The maximum absolute atomic E-state index is 14.2. The number of carbonyl (C=O) groups excluding carboxylic acids is 3. The predicted octanol–water partition coefficient (Wildman–Crippen LogP) is 2.91. The van der Waals surface area contributed by atoms with E-state index in [1.54, 1.807) is 4.90 Å². The molecule has 2 aromatic carbocycles. The van der Waals surface area contributed by atoms with Crippen molar-refractivity contribution in [2.24, 2.45) is 11.8 Å². The molecule has 1 aliphatic carbocycles. The standard InChI is InChI=1S/C29H33N3O3/c1-2-19-13-10-16-21-25(19)30-28(35)29(21)24-23(22(31-29)17-18-11-6-5-7-12-18)26(33)32(27(24)34)20-14-8-3-4-9-15-20/h5-7,10-13,16,20,22-24,31H,2-4,8-9,14-15,17H2,1H3,(H,30,35)/p+1/t22-,23+,24-,29+/m0/s1. The molecule has 3 heterocycles. The first kappa shape index (κ1) is 22.5. The highest BCUT2D eigenvalue weighted by Crippen LogP contribution is 2.51. The second-order valence-electron chi connectivity index (χ2n) is 10.7. The normalized spacial score (nSPS) is 30.5. The van der Waals surface area contributed by atoms with Crippen molar-refractivity contribution in [3.8, 4) is 0 Å². The van der Waals surface area contributed by atoms with E-state index in [1.165, 1.54) is 0 Å². The van der Waals surface area contributed by atoms with Gasteiger partial charge in [0.15, 0.2) is 0 Å². The maximum Gasteiger partial charge on any atom is 0.291 e. The number of likely N-dealkylation sites (tertiary alicyclic amines) is 1. The van der Waals surface area contributed by atoms with Gasteiger partial charge in [-0.1, -0.05) is 81.1 Å². The fraction of sp³-hybridized carbons (Fsp3) is 0.483. The third kappa shape index (κ3) is 3.29. The number of para-hydroxylation sites is 1. The lowest BCUT2D eigenvalue weighted by atomic mass is 9.76. The van der Waals surface area contributed by atoms with Gasteiger partial charge in [0.2, 0.25) is 17.4 Å². The van der Waals surface area contributed by atoms with Crippen LogP contribution in [0.3, 0.4) is 0 Å². The summed E-state index contributed by atoms with van der Waals surface area (Å²) in [5.41, 5.74) is 2.82. The number of quaternary nitrogens is 1. The van der Waals surface area contributed by atoms with Crippen molar-refractivity contribution in [1.29, 1.82) is 0 Å². The summed E-state index contributed by atoms with van der Waals surface area (Å²) in [7, 11) is 0. The molecule has 1 spiro atoms. The molecule has 0 radical (unpaired) electrons. The average molecular weight is 473 g/mol. The average Bonchev–Trinajstić information content (AvgIpc) is 3.33. The van der Waals surface area contributed by atoms with Crippen LogP contribution < -0.4 is 10.6 Å². The molecule has 35 heavy (non-hydrogen) atoms. The van der Waals surface area contributed by atoms with E-state index in [-0.39, 0.29) is 29.8 Å². The number of nitrogens with zero attached hydrogens (tertiary/aromatic N) is 1. The Bertz CT molecular complexity index is 1170. The zero-order chi connectivity index (χ0) is 24.2. The van der Waals surface area contributed by atoms with Gasteiger partial charge in [0.05, 0.1) is 5.69 Å². The lowest BCUT2D eigenvalue weighted by molar-refractivity contribution is -0.733. The van der Waals surface area contributed by atoms with Gasteiger partial charge in [-0.15, -0.1) is 0 Å². The van der Waals surface area contributed by atoms with Gasteiger partial charge in [0, 0.05) is 18.0 Å². The van der Waals surface area contributed by atoms with Crippen LogP contribution in [0.1, 0.15) is 62.1 Å². The zero-order valence-corrected chi connectivity index (χ0v) is 20.3. The molecule has 3 N–H and O–H groups in total. The minimum Gasteiger partial charge on any atom is -0.326 e. The van der Waals surface area contributed by atoms with E-state index >= 15 is 0 Å². The number of nitrogens with two attached hydrogens (primary N) is 1. The SMILES string of the molecule is CCc1cccc2c1NC(=O)[C@@]21[NH2+][C@@H](Cc2ccccc2)[C@H]2C(=O)N(C3CCCCCC3)C(=O)[C@H]21. The highest BCUT2D eigenvalue weighted by Gasteiger charge is 2.74. The number of benzene rings is 2. The number of imide groups is 1. The van der Waals surface area contributed by atoms with Crippen molar-refractivity contribution in [1.82, 2.24) is 4.90 Å². The first-order chi connectivity index (χ1) is 17.1. The first-order valence-electron chi connectivity index (χ1n) is 13.3. The number of carbonyl (C=O) groups is 3. The van der Waals surface area contributed by atoms with E-state index in [0.717, 1.165) is 67.3 Å². The molecule has 2 aromatic rings. The number of fused-ring (bicyclic) bond motifs is 4. The third-order valence-corrected chi connectivity index (χ3v) is 8.91. The summed E-state index contributed by atoms with van der Waals surface area (Å²) in [6.45, 7) is 2.07. The summed E-state index contributed by atoms with van der Waals surface area (Å²) in [6.07, 6.45) is 7.60. The smallest absolute Gasteiger partial charge is 0.291 e. The Morgan fingerprint density at radius 3 is 2.40 bits per heavy atom. The number of amides is 3. The van der Waals surface area contributed by atoms with Gasteiger partial charge in [-0.3, -0.25) is 19.3 Å². The Labute approximate surface area is 206 Å². The molecule has 0 bridgehead atoms. The van der Waals surface area contributed by atoms with Gasteiger partial charge in [-0.2, -0.15) is 0 Å². The van der Waals surface area contributed by atoms with E-state index in [4.69, 9.17) is 0 Å². The molecule has 6 heteroatoms. The van der Waals surface area contributed by atoms with E-state index in [0.29, 0.717) is 6.42 Å². The maximum atomic E-state index is 14.2. The Balaban J connectivity index is 1.46. The Morgan fingerprint density at radius 2 is 1.69 bits per heavy atom. The quantitative estimate of drug-likeness (QED) is 0.530. The lowest BCUT2D eigenvalue weighted by Gasteiger charge is -2.30. The van der Waals surface area contributed by atoms with Crippen LogP contribution in [0.25, 0.3) is 0 Å². The van der Waals surface area contributed by atoms with Gasteiger partial charge in [0.25, 0.3) is 5.91 Å². The summed E-state index contributed by atoms with van der Waals surface area (Å²) in [5, 5.41) is 5.20. The van der Waals surface area contributed by atoms with Gasteiger partial charge in [-0.05, 0) is 30.4 Å². The van der Waals surface area contributed by atoms with Crippen molar-refractivity contribution in [3.05, 3.63) is 65.2 Å². The number of anilines is 1. The molecule has 2 saturated heterocycles. The number of nitrogens with one attached hydrogen (secondary N) is 1. The molecule has 3 amide bonds. The first-order valence-corrected chi connectivity index (χ1v) is 13.3. The molecule has 4 atom stereocenters. The Kier molecular flexibility index (Phi) is 5.52. The summed E-state index contributed by atoms with van der Waals surface area (Å²) < 4.78 is 0. The monoisotopic (exact) mass is 472 g/mol. The van der Waals surface area contributed by atoms with Gasteiger partial charge in [0.1, 0.15) is 17.9 Å². The van der Waals surface area contributed by atoms with E-state index in [9.17, 15) is 14.4 Å². The van der Waals surface area contributed by atoms with Crippen LogP contribution in [-0.2, 0) is 32.8 Å². The molecule has 4 aliphatic rings. The van der Waals surface area contributed by atoms with Crippen LogP contribution in [0, 0.1) is 11.8 Å². The van der Waals surface area contributed by atoms with Crippen molar-refractivity contribution < 1.29 is 19.7 Å². The van der Waals surface area contributed by atoms with Crippen LogP contribution >= 0.6 is 0 Å². The molecular weight excluding hydrogens is 438 g/mol. The molecule has 3 aliphatic heterocycles. The fourth-order valence-corrected chi connectivity index (χ4v) is 7.32. The number of hydrogen-bond acceptors (Lipinski definition) is 3. The number of aryl methyl sites for hydroxylation is 1. The van der Waals surface area contributed by atoms with E-state index < -0.39 is 17.4 Å².